The van der Waals surface area contributed by atoms with E-state index in [9.17, 15) is 19.1 Å². The lowest BCUT2D eigenvalue weighted by atomic mass is 9.98. The summed E-state index contributed by atoms with van der Waals surface area (Å²) in [4.78, 5) is 24.9. The molecule has 0 saturated heterocycles. The molecule has 0 radical (unpaired) electrons. The van der Waals surface area contributed by atoms with Crippen LogP contribution in [-0.2, 0) is 4.79 Å². The predicted molar refractivity (Wildman–Crippen MR) is 98.3 cm³/mol. The lowest BCUT2D eigenvalue weighted by Crippen LogP contribution is -2.14. The van der Waals surface area contributed by atoms with E-state index in [2.05, 4.69) is 0 Å². The van der Waals surface area contributed by atoms with E-state index in [1.54, 1.807) is 19.1 Å². The minimum absolute atomic E-state index is 0.0138. The van der Waals surface area contributed by atoms with Crippen LogP contribution in [0.25, 0.3) is 10.9 Å². The molecule has 1 aromatic carbocycles. The molecule has 0 fully saturated rings. The van der Waals surface area contributed by atoms with Crippen molar-refractivity contribution in [1.29, 1.82) is 0 Å². The number of ether oxygens (including phenoxy) is 1. The summed E-state index contributed by atoms with van der Waals surface area (Å²) in [5, 5.41) is 9.92. The van der Waals surface area contributed by atoms with Crippen molar-refractivity contribution in [3.63, 3.8) is 0 Å². The van der Waals surface area contributed by atoms with Crippen molar-refractivity contribution >= 4 is 45.7 Å². The Morgan fingerprint density at radius 1 is 1.35 bits per heavy atom. The number of rotatable bonds is 4. The summed E-state index contributed by atoms with van der Waals surface area (Å²) < 4.78 is 21.1. The van der Waals surface area contributed by atoms with Gasteiger partial charge in [-0.25, -0.2) is 4.39 Å². The quantitative estimate of drug-likeness (QED) is 0.695. The lowest BCUT2D eigenvalue weighted by molar-refractivity contribution is -0.138. The maximum atomic E-state index is 14.3. The smallest absolute Gasteiger partial charge is 0.310 e. The van der Waals surface area contributed by atoms with Gasteiger partial charge in [0.1, 0.15) is 0 Å². The van der Waals surface area contributed by atoms with Gasteiger partial charge in [0, 0.05) is 17.1 Å². The van der Waals surface area contributed by atoms with Gasteiger partial charge in [-0.05, 0) is 37.6 Å². The number of carbonyl (C=O) groups excluding carboxylic acids is 1. The van der Waals surface area contributed by atoms with Crippen LogP contribution in [0.5, 0.6) is 5.75 Å². The van der Waals surface area contributed by atoms with E-state index in [4.69, 9.17) is 16.3 Å². The number of carboxylic acid groups (broad SMARTS) is 1. The topological polar surface area (TPSA) is 68.5 Å². The Labute approximate surface area is 157 Å². The lowest BCUT2D eigenvalue weighted by Gasteiger charge is -2.08. The molecule has 1 unspecified atom stereocenters. The second kappa shape index (κ2) is 6.74. The third kappa shape index (κ3) is 2.87. The van der Waals surface area contributed by atoms with Crippen LogP contribution in [0.15, 0.2) is 24.3 Å². The second-order valence-corrected chi connectivity index (χ2v) is 7.52. The summed E-state index contributed by atoms with van der Waals surface area (Å²) in [5.74, 6) is -2.96. The van der Waals surface area contributed by atoms with Gasteiger partial charge >= 0.3 is 5.97 Å². The van der Waals surface area contributed by atoms with Gasteiger partial charge in [-0.1, -0.05) is 11.6 Å². The largest absolute Gasteiger partial charge is 0.494 e. The first-order valence-electron chi connectivity index (χ1n) is 7.67. The zero-order valence-corrected chi connectivity index (χ0v) is 15.7. The molecule has 3 aromatic rings. The molecule has 2 heterocycles. The highest BCUT2D eigenvalue weighted by Crippen LogP contribution is 2.36. The number of carboxylic acids is 1. The Kier molecular flexibility index (Phi) is 4.77. The standard InChI is InChI=1S/C18H15ClFNO4S/c1-8(18(23)24)16-9(2)21(17(22)14-4-5-15(19)26-14)12-7-11(20)13(25-3)6-10(12)16/h4-8H,1-3H3,(H,23,24). The van der Waals surface area contributed by atoms with Crippen molar-refractivity contribution in [1.82, 2.24) is 4.57 Å². The minimum Gasteiger partial charge on any atom is -0.494 e. The van der Waals surface area contributed by atoms with Crippen molar-refractivity contribution < 1.29 is 23.8 Å². The van der Waals surface area contributed by atoms with Crippen LogP contribution in [0.1, 0.15) is 33.8 Å². The zero-order chi connectivity index (χ0) is 19.2. The Balaban J connectivity index is 2.35. The molecule has 26 heavy (non-hydrogen) atoms. The summed E-state index contributed by atoms with van der Waals surface area (Å²) in [6.07, 6.45) is 0. The Morgan fingerprint density at radius 3 is 2.58 bits per heavy atom. The van der Waals surface area contributed by atoms with Crippen LogP contribution in [0, 0.1) is 12.7 Å². The molecule has 8 heteroatoms. The number of methoxy groups -OCH3 is 1. The Bertz CT molecular complexity index is 1040. The van der Waals surface area contributed by atoms with Crippen LogP contribution in [0.2, 0.25) is 4.34 Å². The molecule has 0 bridgehead atoms. The van der Waals surface area contributed by atoms with Crippen molar-refractivity contribution in [2.45, 2.75) is 19.8 Å². The molecule has 0 amide bonds. The van der Waals surface area contributed by atoms with Crippen LogP contribution < -0.4 is 4.74 Å². The van der Waals surface area contributed by atoms with Gasteiger partial charge in [-0.15, -0.1) is 11.3 Å². The molecular formula is C18H15ClFNO4S. The molecule has 0 aliphatic heterocycles. The minimum atomic E-state index is -1.04. The fourth-order valence-corrected chi connectivity index (χ4v) is 4.04. The average Bonchev–Trinajstić information content (AvgIpc) is 3.13. The number of aliphatic carboxylic acids is 1. The fraction of sp³-hybridized carbons (Fsp3) is 0.222. The number of hydrogen-bond donors (Lipinski definition) is 1. The van der Waals surface area contributed by atoms with Crippen molar-refractivity contribution in [2.75, 3.05) is 7.11 Å². The number of benzene rings is 1. The highest BCUT2D eigenvalue weighted by atomic mass is 35.5. The first kappa shape index (κ1) is 18.4. The molecule has 0 aliphatic carbocycles. The van der Waals surface area contributed by atoms with E-state index < -0.39 is 23.6 Å². The van der Waals surface area contributed by atoms with Crippen molar-refractivity contribution in [3.8, 4) is 5.75 Å². The molecule has 2 aromatic heterocycles. The SMILES string of the molecule is COc1cc2c(C(C)C(=O)O)c(C)n(C(=O)c3ccc(Cl)s3)c2cc1F. The number of halogens is 2. The Morgan fingerprint density at radius 2 is 2.04 bits per heavy atom. The van der Waals surface area contributed by atoms with E-state index >= 15 is 0 Å². The van der Waals surface area contributed by atoms with Crippen LogP contribution in [-0.4, -0.2) is 28.7 Å². The molecule has 136 valence electrons. The molecule has 0 spiro atoms. The number of hydrogen-bond acceptors (Lipinski definition) is 4. The summed E-state index contributed by atoms with van der Waals surface area (Å²) in [5.41, 5.74) is 1.18. The number of thiophene rings is 1. The molecule has 5 nitrogen and oxygen atoms in total. The molecule has 1 N–H and O–H groups in total. The summed E-state index contributed by atoms with van der Waals surface area (Å²) in [7, 11) is 1.33. The number of fused-ring (bicyclic) bond motifs is 1. The maximum Gasteiger partial charge on any atom is 0.310 e. The number of aromatic nitrogens is 1. The van der Waals surface area contributed by atoms with E-state index in [1.165, 1.54) is 30.7 Å². The Hall–Kier alpha value is -2.38. The molecule has 3 rings (SSSR count). The summed E-state index contributed by atoms with van der Waals surface area (Å²) in [6.45, 7) is 3.17. The molecule has 1 atom stereocenters. The molecular weight excluding hydrogens is 381 g/mol. The first-order chi connectivity index (χ1) is 12.3. The van der Waals surface area contributed by atoms with Gasteiger partial charge in [-0.3, -0.25) is 14.2 Å². The van der Waals surface area contributed by atoms with E-state index in [0.717, 1.165) is 11.3 Å². The van der Waals surface area contributed by atoms with Crippen molar-refractivity contribution in [2.24, 2.45) is 0 Å². The summed E-state index contributed by atoms with van der Waals surface area (Å²) >= 11 is 7.02. The zero-order valence-electron chi connectivity index (χ0n) is 14.2. The third-order valence-electron chi connectivity index (χ3n) is 4.32. The monoisotopic (exact) mass is 395 g/mol. The highest BCUT2D eigenvalue weighted by Gasteiger charge is 2.28. The van der Waals surface area contributed by atoms with E-state index in [-0.39, 0.29) is 5.75 Å². The van der Waals surface area contributed by atoms with E-state index in [0.29, 0.717) is 31.4 Å². The van der Waals surface area contributed by atoms with Gasteiger partial charge in [0.25, 0.3) is 5.91 Å². The van der Waals surface area contributed by atoms with Gasteiger partial charge in [-0.2, -0.15) is 0 Å². The van der Waals surface area contributed by atoms with Gasteiger partial charge < -0.3 is 9.84 Å². The molecule has 0 aliphatic rings. The van der Waals surface area contributed by atoms with Crippen LogP contribution in [0.4, 0.5) is 4.39 Å². The van der Waals surface area contributed by atoms with Gasteiger partial charge in [0.15, 0.2) is 11.6 Å². The van der Waals surface area contributed by atoms with E-state index in [1.807, 2.05) is 0 Å². The normalized spacial score (nSPS) is 12.3. The van der Waals surface area contributed by atoms with Crippen LogP contribution in [0.3, 0.4) is 0 Å². The van der Waals surface area contributed by atoms with Gasteiger partial charge in [0.05, 0.1) is 27.8 Å². The van der Waals surface area contributed by atoms with Crippen LogP contribution >= 0.6 is 22.9 Å². The van der Waals surface area contributed by atoms with Gasteiger partial charge in [0.2, 0.25) is 0 Å². The predicted octanol–water partition coefficient (Wildman–Crippen LogP) is 4.69. The average molecular weight is 396 g/mol. The fourth-order valence-electron chi connectivity index (χ4n) is 3.07. The second-order valence-electron chi connectivity index (χ2n) is 5.81. The summed E-state index contributed by atoms with van der Waals surface area (Å²) in [6, 6.07) is 5.80. The number of nitrogens with zero attached hydrogens (tertiary/aromatic N) is 1. The highest BCUT2D eigenvalue weighted by molar-refractivity contribution is 7.18. The first-order valence-corrected chi connectivity index (χ1v) is 8.87. The maximum absolute atomic E-state index is 14.3. The van der Waals surface area contributed by atoms with Crippen molar-refractivity contribution in [3.05, 3.63) is 50.6 Å². The third-order valence-corrected chi connectivity index (χ3v) is 5.54. The number of carbonyl (C=O) groups is 2. The molecule has 0 saturated carbocycles.